The van der Waals surface area contributed by atoms with Crippen molar-refractivity contribution in [1.29, 1.82) is 0 Å². The van der Waals surface area contributed by atoms with Gasteiger partial charge in [-0.2, -0.15) is 0 Å². The molecule has 2 heteroatoms. The lowest BCUT2D eigenvalue weighted by atomic mass is 9.87. The van der Waals surface area contributed by atoms with Crippen molar-refractivity contribution >= 4 is 0 Å². The molecule has 1 aromatic rings. The van der Waals surface area contributed by atoms with Crippen LogP contribution in [-0.2, 0) is 0 Å². The summed E-state index contributed by atoms with van der Waals surface area (Å²) in [5.74, 6) is 0. The van der Waals surface area contributed by atoms with Gasteiger partial charge in [0.1, 0.15) is 0 Å². The minimum atomic E-state index is -0.377. The molecule has 0 spiro atoms. The highest BCUT2D eigenvalue weighted by Crippen LogP contribution is 2.31. The highest BCUT2D eigenvalue weighted by Gasteiger charge is 2.21. The van der Waals surface area contributed by atoms with Gasteiger partial charge in [0.2, 0.25) is 0 Å². The van der Waals surface area contributed by atoms with Crippen LogP contribution in [0.15, 0.2) is 0 Å². The van der Waals surface area contributed by atoms with Crippen LogP contribution in [0.1, 0.15) is 55.8 Å². The molecule has 1 aromatic heterocycles. The zero-order chi connectivity index (χ0) is 11.8. The quantitative estimate of drug-likeness (QED) is 0.769. The second-order valence-electron chi connectivity index (χ2n) is 5.69. The average molecular weight is 209 g/mol. The van der Waals surface area contributed by atoms with E-state index >= 15 is 0 Å². The van der Waals surface area contributed by atoms with E-state index in [9.17, 15) is 5.11 Å². The Labute approximate surface area is 92.7 Å². The summed E-state index contributed by atoms with van der Waals surface area (Å²) >= 11 is 0. The van der Waals surface area contributed by atoms with Gasteiger partial charge in [0.15, 0.2) is 0 Å². The first-order chi connectivity index (χ1) is 6.72. The predicted octanol–water partition coefficient (Wildman–Crippen LogP) is 3.41. The molecule has 1 heterocycles. The molecule has 0 aromatic carbocycles. The van der Waals surface area contributed by atoms with Crippen molar-refractivity contribution in [2.24, 2.45) is 5.41 Å². The van der Waals surface area contributed by atoms with Gasteiger partial charge in [0.05, 0.1) is 6.10 Å². The molecule has 86 valence electrons. The van der Waals surface area contributed by atoms with Crippen molar-refractivity contribution in [3.63, 3.8) is 0 Å². The lowest BCUT2D eigenvalue weighted by Crippen LogP contribution is -2.12. The summed E-state index contributed by atoms with van der Waals surface area (Å²) in [6, 6.07) is 0. The monoisotopic (exact) mass is 209 g/mol. The van der Waals surface area contributed by atoms with Crippen molar-refractivity contribution in [3.05, 3.63) is 22.5 Å². The number of hydrogen-bond donors (Lipinski definition) is 2. The fourth-order valence-corrected chi connectivity index (χ4v) is 1.89. The summed E-state index contributed by atoms with van der Waals surface area (Å²) in [4.78, 5) is 3.28. The van der Waals surface area contributed by atoms with Crippen LogP contribution < -0.4 is 0 Å². The number of nitrogens with one attached hydrogen (secondary N) is 1. The number of aliphatic hydroxyl groups excluding tert-OH is 1. The van der Waals surface area contributed by atoms with E-state index in [0.29, 0.717) is 0 Å². The highest BCUT2D eigenvalue weighted by molar-refractivity contribution is 5.35. The van der Waals surface area contributed by atoms with Crippen LogP contribution in [0.2, 0.25) is 0 Å². The van der Waals surface area contributed by atoms with Crippen LogP contribution in [-0.4, -0.2) is 10.1 Å². The van der Waals surface area contributed by atoms with Crippen LogP contribution in [0.25, 0.3) is 0 Å². The Bertz CT molecular complexity index is 344. The zero-order valence-corrected chi connectivity index (χ0v) is 10.7. The molecule has 0 fully saturated rings. The third-order valence-electron chi connectivity index (χ3n) is 2.99. The second kappa shape index (κ2) is 4.01. The van der Waals surface area contributed by atoms with Gasteiger partial charge >= 0.3 is 0 Å². The molecule has 1 unspecified atom stereocenters. The molecule has 0 aliphatic carbocycles. The van der Waals surface area contributed by atoms with Crippen molar-refractivity contribution in [2.45, 2.75) is 54.1 Å². The van der Waals surface area contributed by atoms with E-state index in [1.165, 1.54) is 11.1 Å². The summed E-state index contributed by atoms with van der Waals surface area (Å²) in [7, 11) is 0. The standard InChI is InChI=1S/C13H23NO/c1-8-9(2)12(14-10(8)3)11(15)7-13(4,5)6/h11,14-15H,7H2,1-6H3. The Morgan fingerprint density at radius 1 is 1.13 bits per heavy atom. The fourth-order valence-electron chi connectivity index (χ4n) is 1.89. The maximum atomic E-state index is 10.1. The maximum absolute atomic E-state index is 10.1. The van der Waals surface area contributed by atoms with Gasteiger partial charge < -0.3 is 10.1 Å². The summed E-state index contributed by atoms with van der Waals surface area (Å²) in [5.41, 5.74) is 4.76. The first-order valence-electron chi connectivity index (χ1n) is 5.56. The SMILES string of the molecule is Cc1[nH]c(C(O)CC(C)(C)C)c(C)c1C. The molecule has 0 radical (unpaired) electrons. The minimum Gasteiger partial charge on any atom is -0.387 e. The summed E-state index contributed by atoms with van der Waals surface area (Å²) in [6.45, 7) is 12.7. The first kappa shape index (κ1) is 12.3. The van der Waals surface area contributed by atoms with Gasteiger partial charge in [0, 0.05) is 11.4 Å². The van der Waals surface area contributed by atoms with Crippen LogP contribution in [0.4, 0.5) is 0 Å². The number of rotatable bonds is 2. The molecule has 1 rings (SSSR count). The molecule has 0 saturated carbocycles. The molecule has 1 atom stereocenters. The number of aromatic amines is 1. The number of aliphatic hydroxyl groups is 1. The smallest absolute Gasteiger partial charge is 0.0945 e. The number of H-pyrrole nitrogens is 1. The number of aromatic nitrogens is 1. The van der Waals surface area contributed by atoms with Crippen LogP contribution in [0.5, 0.6) is 0 Å². The Kier molecular flexibility index (Phi) is 3.29. The van der Waals surface area contributed by atoms with Gasteiger partial charge in [0.25, 0.3) is 0 Å². The molecule has 0 aliphatic heterocycles. The van der Waals surface area contributed by atoms with E-state index in [0.717, 1.165) is 17.8 Å². The topological polar surface area (TPSA) is 36.0 Å². The minimum absolute atomic E-state index is 0.152. The molecule has 2 N–H and O–H groups in total. The zero-order valence-electron chi connectivity index (χ0n) is 10.7. The molecule has 15 heavy (non-hydrogen) atoms. The Morgan fingerprint density at radius 3 is 2.00 bits per heavy atom. The molecule has 0 bridgehead atoms. The van der Waals surface area contributed by atoms with E-state index in [1.807, 2.05) is 0 Å². The van der Waals surface area contributed by atoms with E-state index in [-0.39, 0.29) is 11.5 Å². The molecular weight excluding hydrogens is 186 g/mol. The second-order valence-corrected chi connectivity index (χ2v) is 5.69. The maximum Gasteiger partial charge on any atom is 0.0945 e. The lowest BCUT2D eigenvalue weighted by molar-refractivity contribution is 0.118. The summed E-state index contributed by atoms with van der Waals surface area (Å²) in [6.07, 6.45) is 0.408. The van der Waals surface area contributed by atoms with Gasteiger partial charge in [-0.05, 0) is 43.7 Å². The average Bonchev–Trinajstić information content (AvgIpc) is 2.30. The largest absolute Gasteiger partial charge is 0.387 e. The van der Waals surface area contributed by atoms with E-state index in [4.69, 9.17) is 0 Å². The predicted molar refractivity (Wildman–Crippen MR) is 64.0 cm³/mol. The first-order valence-corrected chi connectivity index (χ1v) is 5.56. The molecule has 0 saturated heterocycles. The third-order valence-corrected chi connectivity index (χ3v) is 2.99. The van der Waals surface area contributed by atoms with Crippen molar-refractivity contribution in [1.82, 2.24) is 4.98 Å². The summed E-state index contributed by atoms with van der Waals surface area (Å²) < 4.78 is 0. The van der Waals surface area contributed by atoms with Crippen molar-refractivity contribution < 1.29 is 5.11 Å². The molecule has 0 aliphatic rings. The Hall–Kier alpha value is -0.760. The Morgan fingerprint density at radius 2 is 1.67 bits per heavy atom. The van der Waals surface area contributed by atoms with Gasteiger partial charge in [-0.3, -0.25) is 0 Å². The lowest BCUT2D eigenvalue weighted by Gasteiger charge is -2.22. The van der Waals surface area contributed by atoms with Gasteiger partial charge in [-0.15, -0.1) is 0 Å². The molecule has 2 nitrogen and oxygen atoms in total. The Balaban J connectivity index is 2.92. The van der Waals surface area contributed by atoms with Crippen LogP contribution >= 0.6 is 0 Å². The summed E-state index contributed by atoms with van der Waals surface area (Å²) in [5, 5.41) is 10.1. The highest BCUT2D eigenvalue weighted by atomic mass is 16.3. The molecule has 0 amide bonds. The normalized spacial score (nSPS) is 14.3. The van der Waals surface area contributed by atoms with Crippen LogP contribution in [0.3, 0.4) is 0 Å². The van der Waals surface area contributed by atoms with E-state index < -0.39 is 0 Å². The van der Waals surface area contributed by atoms with Crippen molar-refractivity contribution in [3.8, 4) is 0 Å². The third kappa shape index (κ3) is 2.85. The van der Waals surface area contributed by atoms with Gasteiger partial charge in [-0.25, -0.2) is 0 Å². The van der Waals surface area contributed by atoms with Gasteiger partial charge in [-0.1, -0.05) is 20.8 Å². The number of aryl methyl sites for hydroxylation is 1. The van der Waals surface area contributed by atoms with Crippen molar-refractivity contribution in [2.75, 3.05) is 0 Å². The number of hydrogen-bond acceptors (Lipinski definition) is 1. The molecular formula is C13H23NO. The fraction of sp³-hybridized carbons (Fsp3) is 0.692. The van der Waals surface area contributed by atoms with E-state index in [2.05, 4.69) is 46.5 Å². The van der Waals surface area contributed by atoms with Crippen LogP contribution in [0, 0.1) is 26.2 Å². The van der Waals surface area contributed by atoms with E-state index in [1.54, 1.807) is 0 Å².